The molecule has 0 atom stereocenters. The van der Waals surface area contributed by atoms with E-state index < -0.39 is 0 Å². The lowest BCUT2D eigenvalue weighted by Crippen LogP contribution is -1.97. The van der Waals surface area contributed by atoms with Crippen LogP contribution in [0, 0.1) is 13.8 Å². The van der Waals surface area contributed by atoms with Crippen molar-refractivity contribution in [2.45, 2.75) is 13.8 Å². The Morgan fingerprint density at radius 3 is 2.76 bits per heavy atom. The molecule has 0 bridgehead atoms. The van der Waals surface area contributed by atoms with Crippen LogP contribution in [0.15, 0.2) is 30.5 Å². The van der Waals surface area contributed by atoms with E-state index in [-0.39, 0.29) is 0 Å². The van der Waals surface area contributed by atoms with Crippen molar-refractivity contribution in [3.8, 4) is 11.5 Å². The van der Waals surface area contributed by atoms with E-state index in [4.69, 9.17) is 0 Å². The van der Waals surface area contributed by atoms with Crippen LogP contribution in [0.25, 0.3) is 17.3 Å². The SMILES string of the molecule is Cc1cc(C)n2nc(-c3ccccn3)nc2n1. The van der Waals surface area contributed by atoms with Gasteiger partial charge in [-0.05, 0) is 32.0 Å². The van der Waals surface area contributed by atoms with Gasteiger partial charge in [0.2, 0.25) is 5.82 Å². The molecule has 0 unspecified atom stereocenters. The van der Waals surface area contributed by atoms with Crippen molar-refractivity contribution in [1.29, 1.82) is 0 Å². The minimum atomic E-state index is 0.604. The molecular weight excluding hydrogens is 214 g/mol. The number of pyridine rings is 1. The fourth-order valence-corrected chi connectivity index (χ4v) is 1.77. The zero-order valence-electron chi connectivity index (χ0n) is 9.62. The highest BCUT2D eigenvalue weighted by Crippen LogP contribution is 2.13. The van der Waals surface area contributed by atoms with Crippen LogP contribution in [0.4, 0.5) is 0 Å². The van der Waals surface area contributed by atoms with Gasteiger partial charge < -0.3 is 0 Å². The predicted molar refractivity (Wildman–Crippen MR) is 63.5 cm³/mol. The van der Waals surface area contributed by atoms with Crippen LogP contribution in [-0.2, 0) is 0 Å². The van der Waals surface area contributed by atoms with Gasteiger partial charge in [0.25, 0.3) is 5.78 Å². The Hall–Kier alpha value is -2.30. The van der Waals surface area contributed by atoms with Gasteiger partial charge in [-0.25, -0.2) is 9.50 Å². The predicted octanol–water partition coefficient (Wildman–Crippen LogP) is 1.80. The normalized spacial score (nSPS) is 10.9. The smallest absolute Gasteiger partial charge is 0.253 e. The van der Waals surface area contributed by atoms with Crippen LogP contribution in [0.2, 0.25) is 0 Å². The van der Waals surface area contributed by atoms with Crippen LogP contribution in [0.3, 0.4) is 0 Å². The van der Waals surface area contributed by atoms with Gasteiger partial charge >= 0.3 is 0 Å². The van der Waals surface area contributed by atoms with Crippen molar-refractivity contribution in [2.24, 2.45) is 0 Å². The lowest BCUT2D eigenvalue weighted by molar-refractivity contribution is 0.886. The molecule has 0 saturated carbocycles. The van der Waals surface area contributed by atoms with Gasteiger partial charge in [-0.3, -0.25) is 4.98 Å². The molecule has 0 aromatic carbocycles. The maximum Gasteiger partial charge on any atom is 0.253 e. The van der Waals surface area contributed by atoms with E-state index in [1.54, 1.807) is 10.7 Å². The average Bonchev–Trinajstić information content (AvgIpc) is 2.74. The summed E-state index contributed by atoms with van der Waals surface area (Å²) in [5, 5.41) is 4.40. The summed E-state index contributed by atoms with van der Waals surface area (Å²) in [6, 6.07) is 7.65. The van der Waals surface area contributed by atoms with Gasteiger partial charge in [0.15, 0.2) is 0 Å². The Bertz CT molecular complexity index is 672. The number of hydrogen-bond acceptors (Lipinski definition) is 4. The summed E-state index contributed by atoms with van der Waals surface area (Å²) in [6.07, 6.45) is 1.73. The lowest BCUT2D eigenvalue weighted by Gasteiger charge is -1.97. The topological polar surface area (TPSA) is 56.0 Å². The van der Waals surface area contributed by atoms with Gasteiger partial charge in [0.05, 0.1) is 0 Å². The first-order valence-corrected chi connectivity index (χ1v) is 5.36. The molecule has 0 spiro atoms. The van der Waals surface area contributed by atoms with Crippen molar-refractivity contribution < 1.29 is 0 Å². The van der Waals surface area contributed by atoms with Gasteiger partial charge in [0.1, 0.15) is 5.69 Å². The van der Waals surface area contributed by atoms with Gasteiger partial charge in [-0.2, -0.15) is 4.98 Å². The average molecular weight is 225 g/mol. The monoisotopic (exact) mass is 225 g/mol. The second kappa shape index (κ2) is 3.62. The van der Waals surface area contributed by atoms with E-state index in [2.05, 4.69) is 20.1 Å². The van der Waals surface area contributed by atoms with Crippen LogP contribution in [0.1, 0.15) is 11.4 Å². The molecule has 3 heterocycles. The molecular formula is C12H11N5. The third-order valence-electron chi connectivity index (χ3n) is 2.51. The van der Waals surface area contributed by atoms with E-state index in [1.807, 2.05) is 38.1 Å². The van der Waals surface area contributed by atoms with E-state index in [0.717, 1.165) is 17.1 Å². The first-order chi connectivity index (χ1) is 8.24. The van der Waals surface area contributed by atoms with E-state index in [1.165, 1.54) is 0 Å². The van der Waals surface area contributed by atoms with Crippen molar-refractivity contribution in [1.82, 2.24) is 24.6 Å². The molecule has 3 aromatic heterocycles. The highest BCUT2D eigenvalue weighted by atomic mass is 15.3. The second-order valence-corrected chi connectivity index (χ2v) is 3.90. The maximum atomic E-state index is 4.40. The number of aromatic nitrogens is 5. The Balaban J connectivity index is 2.24. The molecule has 0 N–H and O–H groups in total. The summed E-state index contributed by atoms with van der Waals surface area (Å²) in [7, 11) is 0. The molecule has 0 aliphatic heterocycles. The highest BCUT2D eigenvalue weighted by molar-refractivity contribution is 5.51. The number of rotatable bonds is 1. The molecule has 17 heavy (non-hydrogen) atoms. The minimum absolute atomic E-state index is 0.604. The van der Waals surface area contributed by atoms with Crippen molar-refractivity contribution in [3.63, 3.8) is 0 Å². The molecule has 84 valence electrons. The third-order valence-corrected chi connectivity index (χ3v) is 2.51. The van der Waals surface area contributed by atoms with Crippen LogP contribution in [-0.4, -0.2) is 24.6 Å². The summed E-state index contributed by atoms with van der Waals surface area (Å²) in [5.41, 5.74) is 2.72. The van der Waals surface area contributed by atoms with Gasteiger partial charge in [0, 0.05) is 17.6 Å². The largest absolute Gasteiger partial charge is 0.253 e. The molecule has 0 aliphatic carbocycles. The summed E-state index contributed by atoms with van der Waals surface area (Å²) in [4.78, 5) is 13.0. The fraction of sp³-hybridized carbons (Fsp3) is 0.167. The number of fused-ring (bicyclic) bond motifs is 1. The second-order valence-electron chi connectivity index (χ2n) is 3.90. The van der Waals surface area contributed by atoms with Gasteiger partial charge in [-0.1, -0.05) is 6.07 Å². The summed E-state index contributed by atoms with van der Waals surface area (Å²) in [5.74, 6) is 1.22. The maximum absolute atomic E-state index is 4.40. The molecule has 0 aliphatic rings. The van der Waals surface area contributed by atoms with Crippen LogP contribution < -0.4 is 0 Å². The third kappa shape index (κ3) is 1.65. The summed E-state index contributed by atoms with van der Waals surface area (Å²) in [6.45, 7) is 3.93. The van der Waals surface area contributed by atoms with Crippen LogP contribution >= 0.6 is 0 Å². The van der Waals surface area contributed by atoms with E-state index in [0.29, 0.717) is 11.6 Å². The first-order valence-electron chi connectivity index (χ1n) is 5.36. The van der Waals surface area contributed by atoms with E-state index >= 15 is 0 Å². The van der Waals surface area contributed by atoms with Crippen molar-refractivity contribution >= 4 is 5.78 Å². The first kappa shape index (κ1) is 9.89. The molecule has 0 radical (unpaired) electrons. The quantitative estimate of drug-likeness (QED) is 0.633. The molecule has 5 heteroatoms. The number of hydrogen-bond donors (Lipinski definition) is 0. The number of nitrogens with zero attached hydrogens (tertiary/aromatic N) is 5. The highest BCUT2D eigenvalue weighted by Gasteiger charge is 2.09. The standard InChI is InChI=1S/C12H11N5/c1-8-7-9(2)17-12(14-8)15-11(16-17)10-5-3-4-6-13-10/h3-7H,1-2H3. The van der Waals surface area contributed by atoms with Gasteiger partial charge in [-0.15, -0.1) is 5.10 Å². The molecule has 3 aromatic rings. The lowest BCUT2D eigenvalue weighted by atomic mass is 10.3. The number of aryl methyl sites for hydroxylation is 2. The molecule has 3 rings (SSSR count). The zero-order valence-corrected chi connectivity index (χ0v) is 9.62. The Labute approximate surface area is 98.2 Å². The van der Waals surface area contributed by atoms with Crippen molar-refractivity contribution in [2.75, 3.05) is 0 Å². The Kier molecular flexibility index (Phi) is 2.11. The zero-order chi connectivity index (χ0) is 11.8. The van der Waals surface area contributed by atoms with Crippen LogP contribution in [0.5, 0.6) is 0 Å². The summed E-state index contributed by atoms with van der Waals surface area (Å²) < 4.78 is 1.73. The Morgan fingerprint density at radius 2 is 2.00 bits per heavy atom. The molecule has 0 amide bonds. The molecule has 0 fully saturated rings. The fourth-order valence-electron chi connectivity index (χ4n) is 1.77. The Morgan fingerprint density at radius 1 is 1.12 bits per heavy atom. The molecule has 0 saturated heterocycles. The minimum Gasteiger partial charge on any atom is -0.253 e. The van der Waals surface area contributed by atoms with Crippen molar-refractivity contribution in [3.05, 3.63) is 41.9 Å². The molecule has 5 nitrogen and oxygen atoms in total. The summed E-state index contributed by atoms with van der Waals surface area (Å²) >= 11 is 0. The van der Waals surface area contributed by atoms with E-state index in [9.17, 15) is 0 Å².